The number of nitrogen functional groups attached to an aromatic ring is 1. The van der Waals surface area contributed by atoms with Crippen LogP contribution in [-0.2, 0) is 0 Å². The molecule has 0 amide bonds. The molecule has 1 heterocycles. The van der Waals surface area contributed by atoms with Gasteiger partial charge < -0.3 is 16.2 Å². The van der Waals surface area contributed by atoms with Crippen LogP contribution in [0.5, 0.6) is 0 Å². The fourth-order valence-corrected chi connectivity index (χ4v) is 2.40. The van der Waals surface area contributed by atoms with Crippen molar-refractivity contribution in [3.05, 3.63) is 11.9 Å². The monoisotopic (exact) mass is 268 g/mol. The van der Waals surface area contributed by atoms with Crippen molar-refractivity contribution in [2.24, 2.45) is 0 Å². The summed E-state index contributed by atoms with van der Waals surface area (Å²) in [6, 6.07) is 1.78. The maximum atomic E-state index is 8.66. The normalized spacial score (nSPS) is 14.7. The van der Waals surface area contributed by atoms with E-state index in [1.807, 2.05) is 11.8 Å². The van der Waals surface area contributed by atoms with Crippen LogP contribution in [0.2, 0.25) is 0 Å². The van der Waals surface area contributed by atoms with Crippen LogP contribution >= 0.6 is 11.8 Å². The Morgan fingerprint density at radius 2 is 2.22 bits per heavy atom. The van der Waals surface area contributed by atoms with E-state index >= 15 is 0 Å². The second-order valence-electron chi connectivity index (χ2n) is 4.43. The van der Waals surface area contributed by atoms with Gasteiger partial charge in [-0.3, -0.25) is 0 Å². The van der Waals surface area contributed by atoms with Gasteiger partial charge in [-0.05, 0) is 25.0 Å². The summed E-state index contributed by atoms with van der Waals surface area (Å²) in [5, 5.41) is 11.9. The van der Waals surface area contributed by atoms with Gasteiger partial charge in [0.05, 0.1) is 0 Å². The zero-order valence-electron chi connectivity index (χ0n) is 10.4. The summed E-state index contributed by atoms with van der Waals surface area (Å²) in [7, 11) is 0. The lowest BCUT2D eigenvalue weighted by Gasteiger charge is -2.07. The number of hydrogen-bond acceptors (Lipinski definition) is 6. The molecule has 1 aliphatic rings. The van der Waals surface area contributed by atoms with Crippen molar-refractivity contribution in [2.45, 2.75) is 25.2 Å². The summed E-state index contributed by atoms with van der Waals surface area (Å²) in [6.07, 6.45) is 3.22. The summed E-state index contributed by atoms with van der Waals surface area (Å²) in [5.74, 6) is 4.77. The lowest BCUT2D eigenvalue weighted by molar-refractivity contribution is 0.296. The van der Waals surface area contributed by atoms with E-state index in [0.29, 0.717) is 11.7 Å². The molecule has 0 bridgehead atoms. The molecule has 2 rings (SSSR count). The molecular weight excluding hydrogens is 248 g/mol. The second kappa shape index (κ2) is 6.80. The molecule has 1 saturated carbocycles. The Balaban J connectivity index is 1.74. The van der Waals surface area contributed by atoms with Crippen LogP contribution < -0.4 is 11.1 Å². The highest BCUT2D eigenvalue weighted by Crippen LogP contribution is 2.38. The van der Waals surface area contributed by atoms with Gasteiger partial charge in [-0.1, -0.05) is 0 Å². The van der Waals surface area contributed by atoms with E-state index in [2.05, 4.69) is 15.3 Å². The van der Waals surface area contributed by atoms with Gasteiger partial charge in [0.15, 0.2) is 0 Å². The van der Waals surface area contributed by atoms with Crippen molar-refractivity contribution in [1.29, 1.82) is 0 Å². The summed E-state index contributed by atoms with van der Waals surface area (Å²) in [5.41, 5.74) is 5.77. The largest absolute Gasteiger partial charge is 0.396 e. The highest BCUT2D eigenvalue weighted by Gasteiger charge is 2.27. The third kappa shape index (κ3) is 4.34. The minimum absolute atomic E-state index is 0.271. The van der Waals surface area contributed by atoms with Crippen molar-refractivity contribution in [2.75, 3.05) is 35.7 Å². The van der Waals surface area contributed by atoms with Crippen molar-refractivity contribution < 1.29 is 5.11 Å². The zero-order valence-corrected chi connectivity index (χ0v) is 11.2. The molecule has 1 aromatic heterocycles. The lowest BCUT2D eigenvalue weighted by Crippen LogP contribution is -2.09. The number of thioether (sulfide) groups is 1. The number of aromatic nitrogens is 2. The number of hydrogen-bond donors (Lipinski definition) is 3. The summed E-state index contributed by atoms with van der Waals surface area (Å²) < 4.78 is 0. The Labute approximate surface area is 112 Å². The third-order valence-corrected chi connectivity index (χ3v) is 3.78. The van der Waals surface area contributed by atoms with Crippen LogP contribution in [-0.4, -0.2) is 39.7 Å². The van der Waals surface area contributed by atoms with Crippen molar-refractivity contribution in [3.8, 4) is 0 Å². The van der Waals surface area contributed by atoms with Crippen LogP contribution in [0.25, 0.3) is 0 Å². The van der Waals surface area contributed by atoms with Crippen LogP contribution in [0.3, 0.4) is 0 Å². The molecule has 0 radical (unpaired) electrons. The minimum Gasteiger partial charge on any atom is -0.396 e. The fourth-order valence-electron chi connectivity index (χ4n) is 1.62. The Bertz CT molecular complexity index is 384. The Morgan fingerprint density at radius 1 is 1.39 bits per heavy atom. The van der Waals surface area contributed by atoms with Gasteiger partial charge in [0.25, 0.3) is 0 Å². The van der Waals surface area contributed by atoms with Crippen molar-refractivity contribution in [3.63, 3.8) is 0 Å². The van der Waals surface area contributed by atoms with Crippen molar-refractivity contribution in [1.82, 2.24) is 9.97 Å². The minimum atomic E-state index is 0.271. The highest BCUT2D eigenvalue weighted by molar-refractivity contribution is 7.99. The van der Waals surface area contributed by atoms with E-state index < -0.39 is 0 Å². The lowest BCUT2D eigenvalue weighted by atomic mass is 10.4. The SMILES string of the molecule is Nc1cc(NCCSCCCO)nc(C2CC2)n1. The Morgan fingerprint density at radius 3 is 2.94 bits per heavy atom. The van der Waals surface area contributed by atoms with E-state index in [9.17, 15) is 0 Å². The first-order valence-electron chi connectivity index (χ1n) is 6.36. The zero-order chi connectivity index (χ0) is 12.8. The Kier molecular flexibility index (Phi) is 5.07. The number of aliphatic hydroxyl groups excluding tert-OH is 1. The molecule has 100 valence electrons. The molecule has 1 fully saturated rings. The molecule has 0 spiro atoms. The van der Waals surface area contributed by atoms with Gasteiger partial charge in [-0.2, -0.15) is 11.8 Å². The number of nitrogens with zero attached hydrogens (tertiary/aromatic N) is 2. The quantitative estimate of drug-likeness (QED) is 0.619. The topological polar surface area (TPSA) is 84.1 Å². The average Bonchev–Trinajstić information content (AvgIpc) is 3.17. The molecule has 1 aromatic rings. The summed E-state index contributed by atoms with van der Waals surface area (Å²) in [4.78, 5) is 8.74. The van der Waals surface area contributed by atoms with E-state index in [1.54, 1.807) is 6.07 Å². The third-order valence-electron chi connectivity index (χ3n) is 2.71. The molecule has 0 aliphatic heterocycles. The molecule has 5 nitrogen and oxygen atoms in total. The maximum Gasteiger partial charge on any atom is 0.136 e. The standard InChI is InChI=1S/C12H20N4OS/c13-10-8-11(14-4-7-18-6-1-5-17)16-12(15-10)9-2-3-9/h8-9,17H,1-7H2,(H3,13,14,15,16). The first-order chi connectivity index (χ1) is 8.79. The van der Waals surface area contributed by atoms with Gasteiger partial charge in [0.2, 0.25) is 0 Å². The van der Waals surface area contributed by atoms with Crippen LogP contribution in [0.15, 0.2) is 6.07 Å². The number of nitrogens with one attached hydrogen (secondary N) is 1. The van der Waals surface area contributed by atoms with Gasteiger partial charge in [0, 0.05) is 30.9 Å². The molecule has 4 N–H and O–H groups in total. The summed E-state index contributed by atoms with van der Waals surface area (Å²) >= 11 is 1.83. The highest BCUT2D eigenvalue weighted by atomic mass is 32.2. The van der Waals surface area contributed by atoms with Gasteiger partial charge in [-0.25, -0.2) is 9.97 Å². The molecule has 6 heteroatoms. The van der Waals surface area contributed by atoms with Crippen LogP contribution in [0.1, 0.15) is 31.0 Å². The van der Waals surface area contributed by atoms with E-state index in [-0.39, 0.29) is 6.61 Å². The van der Waals surface area contributed by atoms with Gasteiger partial charge in [0.1, 0.15) is 17.5 Å². The molecule has 0 unspecified atom stereocenters. The van der Waals surface area contributed by atoms with E-state index in [4.69, 9.17) is 10.8 Å². The molecule has 0 saturated heterocycles. The first-order valence-corrected chi connectivity index (χ1v) is 7.52. The molecular formula is C12H20N4OS. The molecule has 0 atom stereocenters. The van der Waals surface area contributed by atoms with Gasteiger partial charge >= 0.3 is 0 Å². The molecule has 1 aliphatic carbocycles. The summed E-state index contributed by atoms with van der Waals surface area (Å²) in [6.45, 7) is 1.13. The number of rotatable bonds is 8. The number of anilines is 2. The van der Waals surface area contributed by atoms with E-state index in [1.165, 1.54) is 12.8 Å². The average molecular weight is 268 g/mol. The number of nitrogens with two attached hydrogens (primary N) is 1. The van der Waals surface area contributed by atoms with Gasteiger partial charge in [-0.15, -0.1) is 0 Å². The molecule has 0 aromatic carbocycles. The first kappa shape index (κ1) is 13.4. The van der Waals surface area contributed by atoms with E-state index in [0.717, 1.165) is 36.1 Å². The van der Waals surface area contributed by atoms with Crippen molar-refractivity contribution >= 4 is 23.4 Å². The maximum absolute atomic E-state index is 8.66. The predicted molar refractivity (Wildman–Crippen MR) is 75.9 cm³/mol. The second-order valence-corrected chi connectivity index (χ2v) is 5.65. The van der Waals surface area contributed by atoms with Crippen LogP contribution in [0.4, 0.5) is 11.6 Å². The fraction of sp³-hybridized carbons (Fsp3) is 0.667. The predicted octanol–water partition coefficient (Wildman–Crippen LogP) is 1.46. The smallest absolute Gasteiger partial charge is 0.136 e. The number of aliphatic hydroxyl groups is 1. The molecule has 18 heavy (non-hydrogen) atoms. The Hall–Kier alpha value is -1.01. The van der Waals surface area contributed by atoms with Crippen LogP contribution in [0, 0.1) is 0 Å².